The Morgan fingerprint density at radius 1 is 0.586 bits per heavy atom. The molecule has 2 unspecified atom stereocenters. The fourth-order valence-corrected chi connectivity index (χ4v) is 8.05. The van der Waals surface area contributed by atoms with Gasteiger partial charge in [0.1, 0.15) is 23.7 Å². The van der Waals surface area contributed by atoms with Crippen molar-refractivity contribution in [2.24, 2.45) is 11.8 Å². The van der Waals surface area contributed by atoms with Gasteiger partial charge in [-0.05, 0) is 48.6 Å². The van der Waals surface area contributed by atoms with E-state index < -0.39 is 24.3 Å². The Kier molecular flexibility index (Phi) is 13.9. The summed E-state index contributed by atoms with van der Waals surface area (Å²) in [7, 11) is 2.60. The predicted molar refractivity (Wildman–Crippen MR) is 221 cm³/mol. The van der Waals surface area contributed by atoms with Crippen molar-refractivity contribution in [3.63, 3.8) is 0 Å². The van der Waals surface area contributed by atoms with Gasteiger partial charge in [0, 0.05) is 36.6 Å². The van der Waals surface area contributed by atoms with E-state index >= 15 is 0 Å². The standard InChI is InChI=1S/C44H58N8O6/c1-27(2)37(49-43(55)57-5)41(53)51-23-11-7-9-13-35(51)39-45-25-33(47-39)31-19-15-29(16-20-31)30-17-21-32(22-18-30)34-26-46-40(48-34)36-14-10-8-12-24-52(36)42(54)38(28(3)4)50-44(56)58-6/h15-22,25-28,35-38H,7-14,23-24H2,1-6H3,(H,45,47)(H,46,48)(H,49,55)(H,50,56)/t35?,36?,37-,38-/m0/s1. The van der Waals surface area contributed by atoms with Crippen LogP contribution in [0.25, 0.3) is 33.6 Å². The summed E-state index contributed by atoms with van der Waals surface area (Å²) in [5, 5.41) is 5.47. The molecule has 14 nitrogen and oxygen atoms in total. The molecule has 0 radical (unpaired) electrons. The molecule has 310 valence electrons. The van der Waals surface area contributed by atoms with E-state index in [9.17, 15) is 19.2 Å². The maximum Gasteiger partial charge on any atom is 0.407 e. The first-order valence-electron chi connectivity index (χ1n) is 20.6. The van der Waals surface area contributed by atoms with Crippen LogP contribution in [0.4, 0.5) is 9.59 Å². The topological polar surface area (TPSA) is 175 Å². The number of nitrogens with zero attached hydrogens (tertiary/aromatic N) is 4. The van der Waals surface area contributed by atoms with Crippen LogP contribution in [0.5, 0.6) is 0 Å². The van der Waals surface area contributed by atoms with Crippen molar-refractivity contribution in [1.82, 2.24) is 40.4 Å². The van der Waals surface area contributed by atoms with Crippen molar-refractivity contribution in [3.05, 3.63) is 72.6 Å². The van der Waals surface area contributed by atoms with Crippen LogP contribution in [0.3, 0.4) is 0 Å². The summed E-state index contributed by atoms with van der Waals surface area (Å²) in [6.07, 6.45) is 9.90. The molecule has 2 aliphatic rings. The highest BCUT2D eigenvalue weighted by atomic mass is 16.5. The minimum absolute atomic E-state index is 0.112. The molecule has 4 aromatic rings. The van der Waals surface area contributed by atoms with Crippen LogP contribution in [0.1, 0.15) is 103 Å². The monoisotopic (exact) mass is 794 g/mol. The van der Waals surface area contributed by atoms with Crippen LogP contribution < -0.4 is 10.6 Å². The maximum absolute atomic E-state index is 13.8. The van der Waals surface area contributed by atoms with Crippen LogP contribution >= 0.6 is 0 Å². The number of alkyl carbamates (subject to hydrolysis) is 2. The van der Waals surface area contributed by atoms with E-state index in [2.05, 4.69) is 69.1 Å². The Labute approximate surface area is 340 Å². The maximum atomic E-state index is 13.8. The zero-order valence-electron chi connectivity index (χ0n) is 34.5. The zero-order chi connectivity index (χ0) is 41.3. The molecule has 58 heavy (non-hydrogen) atoms. The van der Waals surface area contributed by atoms with Gasteiger partial charge in [0.25, 0.3) is 0 Å². The molecule has 2 fully saturated rings. The first kappa shape index (κ1) is 42.0. The Morgan fingerprint density at radius 2 is 0.948 bits per heavy atom. The van der Waals surface area contributed by atoms with Crippen molar-refractivity contribution in [1.29, 1.82) is 0 Å². The lowest BCUT2D eigenvalue weighted by Crippen LogP contribution is -2.52. The SMILES string of the molecule is COC(=O)N[C@H](C(=O)N1CCCCCC1c1nc(-c2ccc(-c3ccc(-c4c[nH]c(C5CCCCCN5C(=O)[C@@H](NC(=O)OC)C(C)C)n4)cc3)cc2)c[nH]1)C(C)C. The van der Waals surface area contributed by atoms with Crippen molar-refractivity contribution in [2.45, 2.75) is 103 Å². The summed E-state index contributed by atoms with van der Waals surface area (Å²) in [5.41, 5.74) is 5.61. The fraction of sp³-hybridized carbons (Fsp3) is 0.500. The van der Waals surface area contributed by atoms with Gasteiger partial charge >= 0.3 is 12.2 Å². The average Bonchev–Trinajstić information content (AvgIpc) is 3.78. The van der Waals surface area contributed by atoms with E-state index in [-0.39, 0.29) is 35.7 Å². The molecule has 2 aromatic carbocycles. The Hall–Kier alpha value is -5.66. The highest BCUT2D eigenvalue weighted by Crippen LogP contribution is 2.34. The van der Waals surface area contributed by atoms with Crippen molar-refractivity contribution in [2.75, 3.05) is 27.3 Å². The molecule has 14 heteroatoms. The summed E-state index contributed by atoms with van der Waals surface area (Å²) in [6.45, 7) is 8.85. The van der Waals surface area contributed by atoms with E-state index in [1.807, 2.05) is 49.9 Å². The lowest BCUT2D eigenvalue weighted by Gasteiger charge is -2.33. The van der Waals surface area contributed by atoms with Crippen LogP contribution in [0, 0.1) is 11.8 Å². The van der Waals surface area contributed by atoms with Gasteiger partial charge in [-0.1, -0.05) is 102 Å². The first-order valence-corrected chi connectivity index (χ1v) is 20.6. The molecule has 4 heterocycles. The largest absolute Gasteiger partial charge is 0.453 e. The number of rotatable bonds is 11. The highest BCUT2D eigenvalue weighted by Gasteiger charge is 2.37. The number of aromatic amines is 2. The number of aromatic nitrogens is 4. The normalized spacial score (nSPS) is 18.6. The van der Waals surface area contributed by atoms with Crippen molar-refractivity contribution >= 4 is 24.0 Å². The average molecular weight is 795 g/mol. The number of carbonyl (C=O) groups excluding carboxylic acids is 4. The third-order valence-electron chi connectivity index (χ3n) is 11.4. The number of nitrogens with one attached hydrogen (secondary N) is 4. The second-order valence-electron chi connectivity index (χ2n) is 16.0. The minimum atomic E-state index is -0.697. The summed E-state index contributed by atoms with van der Waals surface area (Å²) in [6, 6.07) is 14.7. The molecular weight excluding hydrogens is 737 g/mol. The van der Waals surface area contributed by atoms with Gasteiger partial charge in [0.15, 0.2) is 0 Å². The quantitative estimate of drug-likeness (QED) is 0.119. The Balaban J connectivity index is 1.14. The van der Waals surface area contributed by atoms with Crippen molar-refractivity contribution in [3.8, 4) is 33.6 Å². The smallest absolute Gasteiger partial charge is 0.407 e. The molecule has 4 amide bonds. The molecule has 0 aliphatic carbocycles. The number of ether oxygens (including phenoxy) is 2. The van der Waals surface area contributed by atoms with Gasteiger partial charge in [-0.2, -0.15) is 0 Å². The summed E-state index contributed by atoms with van der Waals surface area (Å²) in [5.74, 6) is 0.996. The molecule has 0 spiro atoms. The van der Waals surface area contributed by atoms with Gasteiger partial charge in [-0.3, -0.25) is 9.59 Å². The number of methoxy groups -OCH3 is 2. The lowest BCUT2D eigenvalue weighted by molar-refractivity contribution is -0.137. The fourth-order valence-electron chi connectivity index (χ4n) is 8.05. The van der Waals surface area contributed by atoms with Crippen LogP contribution in [0.15, 0.2) is 60.9 Å². The molecule has 2 aliphatic heterocycles. The number of likely N-dealkylation sites (tertiary alicyclic amines) is 2. The minimum Gasteiger partial charge on any atom is -0.453 e. The lowest BCUT2D eigenvalue weighted by atomic mass is 10.0. The van der Waals surface area contributed by atoms with Gasteiger partial charge < -0.3 is 39.9 Å². The van der Waals surface area contributed by atoms with E-state index in [0.717, 1.165) is 96.7 Å². The van der Waals surface area contributed by atoms with E-state index in [0.29, 0.717) is 13.1 Å². The van der Waals surface area contributed by atoms with Gasteiger partial charge in [0.2, 0.25) is 11.8 Å². The molecular formula is C44H58N8O6. The van der Waals surface area contributed by atoms with Crippen LogP contribution in [0.2, 0.25) is 0 Å². The number of benzene rings is 2. The third kappa shape index (κ3) is 9.71. The van der Waals surface area contributed by atoms with E-state index in [4.69, 9.17) is 19.4 Å². The molecule has 4 atom stereocenters. The van der Waals surface area contributed by atoms with Crippen LogP contribution in [-0.4, -0.2) is 93.1 Å². The number of carbonyl (C=O) groups is 4. The summed E-state index contributed by atoms with van der Waals surface area (Å²) >= 11 is 0. The predicted octanol–water partition coefficient (Wildman–Crippen LogP) is 7.78. The molecule has 2 aromatic heterocycles. The van der Waals surface area contributed by atoms with Crippen LogP contribution in [-0.2, 0) is 19.1 Å². The number of hydrogen-bond acceptors (Lipinski definition) is 8. The summed E-state index contributed by atoms with van der Waals surface area (Å²) < 4.78 is 9.61. The second kappa shape index (κ2) is 19.2. The van der Waals surface area contributed by atoms with E-state index in [1.54, 1.807) is 0 Å². The molecule has 6 rings (SSSR count). The van der Waals surface area contributed by atoms with Crippen molar-refractivity contribution < 1.29 is 28.7 Å². The molecule has 0 bridgehead atoms. The molecule has 2 saturated heterocycles. The second-order valence-corrected chi connectivity index (χ2v) is 16.0. The van der Waals surface area contributed by atoms with Gasteiger partial charge in [-0.15, -0.1) is 0 Å². The van der Waals surface area contributed by atoms with Gasteiger partial charge in [-0.25, -0.2) is 19.6 Å². The molecule has 0 saturated carbocycles. The first-order chi connectivity index (χ1) is 28.0. The number of H-pyrrole nitrogens is 2. The third-order valence-corrected chi connectivity index (χ3v) is 11.4. The van der Waals surface area contributed by atoms with E-state index in [1.165, 1.54) is 14.2 Å². The number of amides is 4. The zero-order valence-corrected chi connectivity index (χ0v) is 34.5. The molecule has 4 N–H and O–H groups in total. The van der Waals surface area contributed by atoms with Gasteiger partial charge in [0.05, 0.1) is 37.7 Å². The number of hydrogen-bond donors (Lipinski definition) is 4. The Morgan fingerprint density at radius 3 is 1.29 bits per heavy atom. The highest BCUT2D eigenvalue weighted by molar-refractivity contribution is 5.87. The number of imidazole rings is 2. The Bertz CT molecular complexity index is 1860. The summed E-state index contributed by atoms with van der Waals surface area (Å²) in [4.78, 5) is 72.3.